The van der Waals surface area contributed by atoms with Crippen LogP contribution in [0.1, 0.15) is 53.5 Å². The minimum atomic E-state index is -3.83. The number of ether oxygens (including phenoxy) is 1. The van der Waals surface area contributed by atoms with Crippen LogP contribution in [0.25, 0.3) is 11.0 Å². The molecule has 0 fully saturated rings. The molecule has 0 saturated carbocycles. The van der Waals surface area contributed by atoms with Gasteiger partial charge in [0.05, 0.1) is 23.5 Å². The van der Waals surface area contributed by atoms with Gasteiger partial charge in [-0.1, -0.05) is 47.1 Å². The van der Waals surface area contributed by atoms with Gasteiger partial charge in [0.25, 0.3) is 0 Å². The fraction of sp³-hybridized carbons (Fsp3) is 0.345. The van der Waals surface area contributed by atoms with Crippen LogP contribution in [-0.4, -0.2) is 51.4 Å². The topological polar surface area (TPSA) is 115 Å². The van der Waals surface area contributed by atoms with E-state index in [1.54, 1.807) is 36.0 Å². The lowest BCUT2D eigenvalue weighted by Crippen LogP contribution is -2.35. The molecule has 3 aromatic carbocycles. The third-order valence-electron chi connectivity index (χ3n) is 7.84. The van der Waals surface area contributed by atoms with Crippen LogP contribution in [-0.2, 0) is 41.3 Å². The summed E-state index contributed by atoms with van der Waals surface area (Å²) in [4.78, 5) is 12.2. The standard InChI is InChI=1S/C29H29ClN4O5S/c1-17-15-34(40(37,38)26-9-4-3-8-25(26)39-17)16-20-13-19(12-18-6-5-7-21(18)20)23(14-27(35)36)22-10-11-24-29(28(22)30)31-32-33(24)2/h3-4,8-13,17,23H,5-7,14-16H2,1-2H3,(H,35,36)/t17-,23?/m1/s1. The van der Waals surface area contributed by atoms with E-state index in [4.69, 9.17) is 16.3 Å². The number of halogens is 1. The predicted octanol–water partition coefficient (Wildman–Crippen LogP) is 4.69. The molecular weight excluding hydrogens is 552 g/mol. The number of aliphatic carboxylic acids is 1. The zero-order valence-corrected chi connectivity index (χ0v) is 23.7. The Morgan fingerprint density at radius 2 is 2.00 bits per heavy atom. The molecule has 0 spiro atoms. The van der Waals surface area contributed by atoms with Gasteiger partial charge in [-0.15, -0.1) is 5.10 Å². The van der Waals surface area contributed by atoms with Crippen LogP contribution in [0, 0.1) is 0 Å². The zero-order chi connectivity index (χ0) is 28.2. The van der Waals surface area contributed by atoms with Crippen molar-refractivity contribution in [3.05, 3.63) is 81.4 Å². The number of carboxylic acid groups (broad SMARTS) is 1. The summed E-state index contributed by atoms with van der Waals surface area (Å²) in [5.74, 6) is -1.16. The number of benzene rings is 3. The number of carbonyl (C=O) groups is 1. The van der Waals surface area contributed by atoms with Gasteiger partial charge in [-0.2, -0.15) is 4.31 Å². The highest BCUT2D eigenvalue weighted by atomic mass is 35.5. The summed E-state index contributed by atoms with van der Waals surface area (Å²) in [5.41, 5.74) is 5.85. The minimum Gasteiger partial charge on any atom is -0.488 e. The molecule has 40 heavy (non-hydrogen) atoms. The third-order valence-corrected chi connectivity index (χ3v) is 10.1. The van der Waals surface area contributed by atoms with Crippen LogP contribution >= 0.6 is 11.6 Å². The Kier molecular flexibility index (Phi) is 6.80. The van der Waals surface area contributed by atoms with E-state index in [0.717, 1.165) is 47.0 Å². The first-order valence-electron chi connectivity index (χ1n) is 13.2. The molecular formula is C29H29ClN4O5S. The average molecular weight is 581 g/mol. The van der Waals surface area contributed by atoms with Crippen LogP contribution < -0.4 is 4.74 Å². The number of sulfonamides is 1. The lowest BCUT2D eigenvalue weighted by Gasteiger charge is -2.25. The maximum Gasteiger partial charge on any atom is 0.304 e. The summed E-state index contributed by atoms with van der Waals surface area (Å²) in [6.07, 6.45) is 2.13. The predicted molar refractivity (Wildman–Crippen MR) is 150 cm³/mol. The van der Waals surface area contributed by atoms with Crippen LogP contribution in [0.3, 0.4) is 0 Å². The van der Waals surface area contributed by atoms with Gasteiger partial charge in [0.1, 0.15) is 22.3 Å². The van der Waals surface area contributed by atoms with Gasteiger partial charge in [0.2, 0.25) is 10.0 Å². The highest BCUT2D eigenvalue weighted by molar-refractivity contribution is 7.89. The molecule has 6 rings (SSSR count). The van der Waals surface area contributed by atoms with Crippen molar-refractivity contribution in [2.24, 2.45) is 7.05 Å². The zero-order valence-electron chi connectivity index (χ0n) is 22.2. The van der Waals surface area contributed by atoms with E-state index in [-0.39, 0.29) is 30.5 Å². The van der Waals surface area contributed by atoms with E-state index in [1.807, 2.05) is 25.1 Å². The molecule has 0 bridgehead atoms. The monoisotopic (exact) mass is 580 g/mol. The highest BCUT2D eigenvalue weighted by Gasteiger charge is 2.34. The van der Waals surface area contributed by atoms with Gasteiger partial charge in [0.15, 0.2) is 0 Å². The number of nitrogens with zero attached hydrogens (tertiary/aromatic N) is 4. The van der Waals surface area contributed by atoms with Gasteiger partial charge in [-0.3, -0.25) is 4.79 Å². The SMILES string of the molecule is C[C@@H]1CN(Cc2cc(C(CC(=O)O)c3ccc4c(nnn4C)c3Cl)cc3c2CCC3)S(=O)(=O)c2ccccc2O1. The summed E-state index contributed by atoms with van der Waals surface area (Å²) in [6.45, 7) is 2.22. The first-order chi connectivity index (χ1) is 19.1. The number of hydrogen-bond acceptors (Lipinski definition) is 6. The molecule has 11 heteroatoms. The Hall–Kier alpha value is -3.47. The van der Waals surface area contributed by atoms with Gasteiger partial charge < -0.3 is 9.84 Å². The molecule has 2 atom stereocenters. The van der Waals surface area contributed by atoms with E-state index < -0.39 is 21.9 Å². The molecule has 0 saturated heterocycles. The Morgan fingerprint density at radius 3 is 2.80 bits per heavy atom. The van der Waals surface area contributed by atoms with Crippen molar-refractivity contribution >= 4 is 38.6 Å². The summed E-state index contributed by atoms with van der Waals surface area (Å²) in [7, 11) is -2.05. The first-order valence-corrected chi connectivity index (χ1v) is 15.0. The van der Waals surface area contributed by atoms with E-state index >= 15 is 0 Å². The van der Waals surface area contributed by atoms with Crippen molar-refractivity contribution in [1.82, 2.24) is 19.3 Å². The van der Waals surface area contributed by atoms with Crippen molar-refractivity contribution in [1.29, 1.82) is 0 Å². The Balaban J connectivity index is 1.45. The Morgan fingerprint density at radius 1 is 1.20 bits per heavy atom. The van der Waals surface area contributed by atoms with Crippen molar-refractivity contribution in [3.8, 4) is 5.75 Å². The normalized spacial score (nSPS) is 19.0. The number of hydrogen-bond donors (Lipinski definition) is 1. The number of fused-ring (bicyclic) bond motifs is 3. The molecule has 0 radical (unpaired) electrons. The van der Waals surface area contributed by atoms with E-state index in [0.29, 0.717) is 21.9 Å². The smallest absolute Gasteiger partial charge is 0.304 e. The average Bonchev–Trinajstić information content (AvgIpc) is 3.52. The van der Waals surface area contributed by atoms with Crippen molar-refractivity contribution in [3.63, 3.8) is 0 Å². The van der Waals surface area contributed by atoms with E-state index in [9.17, 15) is 18.3 Å². The molecule has 1 aliphatic carbocycles. The van der Waals surface area contributed by atoms with Crippen LogP contribution in [0.15, 0.2) is 53.4 Å². The van der Waals surface area contributed by atoms with Crippen molar-refractivity contribution in [2.75, 3.05) is 6.54 Å². The molecule has 2 aliphatic rings. The number of aryl methyl sites for hydroxylation is 2. The van der Waals surface area contributed by atoms with Crippen molar-refractivity contribution in [2.45, 2.75) is 56.1 Å². The Labute approximate surface area is 237 Å². The number of rotatable bonds is 6. The molecule has 1 aliphatic heterocycles. The molecule has 208 valence electrons. The molecule has 9 nitrogen and oxygen atoms in total. The molecule has 0 amide bonds. The number of para-hydroxylation sites is 1. The lowest BCUT2D eigenvalue weighted by atomic mass is 9.85. The van der Waals surface area contributed by atoms with Crippen LogP contribution in [0.5, 0.6) is 5.75 Å². The summed E-state index contributed by atoms with van der Waals surface area (Å²) < 4.78 is 36.6. The maximum atomic E-state index is 13.8. The van der Waals surface area contributed by atoms with Crippen LogP contribution in [0.2, 0.25) is 5.02 Å². The number of aromatic nitrogens is 3. The fourth-order valence-corrected chi connectivity index (χ4v) is 7.93. The van der Waals surface area contributed by atoms with Crippen molar-refractivity contribution < 1.29 is 23.1 Å². The first kappa shape index (κ1) is 26.7. The van der Waals surface area contributed by atoms with E-state index in [2.05, 4.69) is 16.4 Å². The van der Waals surface area contributed by atoms with Gasteiger partial charge in [0, 0.05) is 19.5 Å². The lowest BCUT2D eigenvalue weighted by molar-refractivity contribution is -0.137. The van der Waals surface area contributed by atoms with Crippen LogP contribution in [0.4, 0.5) is 0 Å². The van der Waals surface area contributed by atoms with Gasteiger partial charge in [-0.05, 0) is 72.2 Å². The maximum absolute atomic E-state index is 13.8. The Bertz CT molecular complexity index is 1750. The minimum absolute atomic E-state index is 0.153. The summed E-state index contributed by atoms with van der Waals surface area (Å²) in [6, 6.07) is 14.4. The molecule has 1 aromatic heterocycles. The van der Waals surface area contributed by atoms with E-state index in [1.165, 1.54) is 4.31 Å². The second-order valence-electron chi connectivity index (χ2n) is 10.5. The molecule has 1 unspecified atom stereocenters. The number of carboxylic acids is 1. The quantitative estimate of drug-likeness (QED) is 0.352. The van der Waals surface area contributed by atoms with Gasteiger partial charge in [-0.25, -0.2) is 13.1 Å². The second kappa shape index (κ2) is 10.2. The largest absolute Gasteiger partial charge is 0.488 e. The molecule has 4 aromatic rings. The fourth-order valence-electron chi connectivity index (χ4n) is 5.98. The second-order valence-corrected chi connectivity index (χ2v) is 12.8. The molecule has 2 heterocycles. The van der Waals surface area contributed by atoms with Gasteiger partial charge >= 0.3 is 5.97 Å². The third kappa shape index (κ3) is 4.63. The summed E-state index contributed by atoms with van der Waals surface area (Å²) in [5, 5.41) is 18.5. The molecule has 1 N–H and O–H groups in total. The highest BCUT2D eigenvalue weighted by Crippen LogP contribution is 2.40. The summed E-state index contributed by atoms with van der Waals surface area (Å²) >= 11 is 6.80.